The van der Waals surface area contributed by atoms with Crippen molar-refractivity contribution in [3.05, 3.63) is 33.8 Å². The molecule has 0 aliphatic rings. The maximum Gasteiger partial charge on any atom is 0.129 e. The molecule has 0 radical (unpaired) electrons. The Hall–Kier alpha value is -0.320. The number of allylic oxidation sites excluding steroid dienone is 4. The molecule has 0 rings (SSSR count). The summed E-state index contributed by atoms with van der Waals surface area (Å²) in [5.74, 6) is -0.429. The Bertz CT molecular complexity index is 194. The molecule has 0 saturated carbocycles. The van der Waals surface area contributed by atoms with E-state index >= 15 is 0 Å². The Balaban J connectivity index is 4.31. The smallest absolute Gasteiger partial charge is 0.129 e. The van der Waals surface area contributed by atoms with Gasteiger partial charge in [0.25, 0.3) is 0 Å². The largest absolute Gasteiger partial charge is 0.404 e. The molecular weight excluding hydrogens is 244 g/mol. The molecule has 0 aliphatic heterocycles. The zero-order chi connectivity index (χ0) is 8.15. The van der Waals surface area contributed by atoms with Gasteiger partial charge in [-0.3, -0.25) is 0 Å². The molecule has 0 saturated heterocycles. The SMILES string of the molecule is C=C(F)/C(I)=C\C(C)=C/N. The van der Waals surface area contributed by atoms with Gasteiger partial charge in [0.15, 0.2) is 0 Å². The molecule has 0 fully saturated rings. The van der Waals surface area contributed by atoms with Crippen LogP contribution in [-0.4, -0.2) is 0 Å². The van der Waals surface area contributed by atoms with Gasteiger partial charge in [-0.15, -0.1) is 0 Å². The predicted molar refractivity (Wildman–Crippen MR) is 50.3 cm³/mol. The first-order valence-electron chi connectivity index (χ1n) is 2.68. The van der Waals surface area contributed by atoms with Gasteiger partial charge in [-0.2, -0.15) is 0 Å². The summed E-state index contributed by atoms with van der Waals surface area (Å²) >= 11 is 1.86. The average Bonchev–Trinajstić information content (AvgIpc) is 1.87. The normalized spacial score (nSPS) is 13.5. The lowest BCUT2D eigenvalue weighted by Crippen LogP contribution is -1.81. The van der Waals surface area contributed by atoms with E-state index in [1.165, 1.54) is 6.20 Å². The molecule has 3 heteroatoms. The van der Waals surface area contributed by atoms with Crippen LogP contribution in [0, 0.1) is 0 Å². The Morgan fingerprint density at radius 2 is 2.20 bits per heavy atom. The van der Waals surface area contributed by atoms with E-state index in [4.69, 9.17) is 5.73 Å². The molecule has 0 aliphatic carbocycles. The molecule has 0 aromatic heterocycles. The predicted octanol–water partition coefficient (Wildman–Crippen LogP) is 2.65. The highest BCUT2D eigenvalue weighted by Crippen LogP contribution is 2.18. The minimum absolute atomic E-state index is 0.429. The average molecular weight is 253 g/mol. The first kappa shape index (κ1) is 9.68. The minimum Gasteiger partial charge on any atom is -0.404 e. The molecule has 0 unspecified atom stereocenters. The van der Waals surface area contributed by atoms with Crippen LogP contribution in [0.25, 0.3) is 0 Å². The third-order valence-electron chi connectivity index (χ3n) is 0.876. The second-order valence-electron chi connectivity index (χ2n) is 1.81. The van der Waals surface area contributed by atoms with E-state index in [2.05, 4.69) is 6.58 Å². The summed E-state index contributed by atoms with van der Waals surface area (Å²) in [6, 6.07) is 0. The third-order valence-corrected chi connectivity index (χ3v) is 1.77. The summed E-state index contributed by atoms with van der Waals surface area (Å²) in [6.45, 7) is 4.93. The molecule has 0 bridgehead atoms. The van der Waals surface area contributed by atoms with E-state index in [0.29, 0.717) is 3.58 Å². The van der Waals surface area contributed by atoms with E-state index in [-0.39, 0.29) is 0 Å². The number of nitrogens with two attached hydrogens (primary N) is 1. The summed E-state index contributed by atoms with van der Waals surface area (Å²) < 4.78 is 12.7. The fourth-order valence-electron chi connectivity index (χ4n) is 0.326. The van der Waals surface area contributed by atoms with Crippen LogP contribution in [0.4, 0.5) is 4.39 Å². The monoisotopic (exact) mass is 253 g/mol. The van der Waals surface area contributed by atoms with Gasteiger partial charge in [-0.05, 0) is 47.4 Å². The lowest BCUT2D eigenvalue weighted by Gasteiger charge is -1.92. The van der Waals surface area contributed by atoms with Crippen molar-refractivity contribution in [2.45, 2.75) is 6.92 Å². The molecule has 0 amide bonds. The molecule has 0 aromatic carbocycles. The fraction of sp³-hybridized carbons (Fsp3) is 0.143. The third kappa shape index (κ3) is 3.66. The molecule has 0 spiro atoms. The highest BCUT2D eigenvalue weighted by molar-refractivity contribution is 14.1. The van der Waals surface area contributed by atoms with Crippen molar-refractivity contribution in [1.82, 2.24) is 0 Å². The Morgan fingerprint density at radius 1 is 1.70 bits per heavy atom. The number of halogens is 2. The van der Waals surface area contributed by atoms with Crippen molar-refractivity contribution in [3.63, 3.8) is 0 Å². The van der Waals surface area contributed by atoms with Crippen molar-refractivity contribution in [1.29, 1.82) is 0 Å². The molecule has 0 aromatic rings. The molecular formula is C7H9FIN. The van der Waals surface area contributed by atoms with Gasteiger partial charge < -0.3 is 5.73 Å². The topological polar surface area (TPSA) is 26.0 Å². The van der Waals surface area contributed by atoms with Crippen LogP contribution < -0.4 is 5.73 Å². The van der Waals surface area contributed by atoms with Crippen LogP contribution in [0.3, 0.4) is 0 Å². The van der Waals surface area contributed by atoms with E-state index < -0.39 is 5.83 Å². The summed E-state index contributed by atoms with van der Waals surface area (Å²) in [5.41, 5.74) is 5.98. The molecule has 0 heterocycles. The number of rotatable bonds is 2. The summed E-state index contributed by atoms with van der Waals surface area (Å²) in [7, 11) is 0. The molecule has 1 nitrogen and oxygen atoms in total. The van der Waals surface area contributed by atoms with Crippen LogP contribution >= 0.6 is 22.6 Å². The van der Waals surface area contributed by atoms with E-state index in [1.807, 2.05) is 22.6 Å². The van der Waals surface area contributed by atoms with E-state index in [9.17, 15) is 4.39 Å². The standard InChI is InChI=1S/C7H9FIN/c1-5(4-10)3-7(9)6(2)8/h3-4H,2,10H2,1H3/b5-4-,7-3+. The minimum atomic E-state index is -0.429. The van der Waals surface area contributed by atoms with E-state index in [1.54, 1.807) is 13.0 Å². The Labute approximate surface area is 73.6 Å². The number of hydrogen-bond acceptors (Lipinski definition) is 1. The van der Waals surface area contributed by atoms with Crippen molar-refractivity contribution in [2.24, 2.45) is 5.73 Å². The molecule has 0 atom stereocenters. The molecule has 56 valence electrons. The van der Waals surface area contributed by atoms with Gasteiger partial charge in [-0.1, -0.05) is 6.58 Å². The zero-order valence-electron chi connectivity index (χ0n) is 5.70. The summed E-state index contributed by atoms with van der Waals surface area (Å²) in [6.07, 6.45) is 3.05. The zero-order valence-corrected chi connectivity index (χ0v) is 7.85. The van der Waals surface area contributed by atoms with Gasteiger partial charge in [0.1, 0.15) is 5.83 Å². The van der Waals surface area contributed by atoms with Gasteiger partial charge in [0.2, 0.25) is 0 Å². The maximum atomic E-state index is 12.3. The summed E-state index contributed by atoms with van der Waals surface area (Å²) in [5, 5.41) is 0. The van der Waals surface area contributed by atoms with Crippen LogP contribution in [0.15, 0.2) is 33.8 Å². The Kier molecular flexibility index (Phi) is 4.34. The maximum absolute atomic E-state index is 12.3. The van der Waals surface area contributed by atoms with Gasteiger partial charge in [0, 0.05) is 3.58 Å². The highest BCUT2D eigenvalue weighted by atomic mass is 127. The Morgan fingerprint density at radius 3 is 2.50 bits per heavy atom. The van der Waals surface area contributed by atoms with Crippen LogP contribution in [0.1, 0.15) is 6.92 Å². The van der Waals surface area contributed by atoms with Crippen molar-refractivity contribution in [2.75, 3.05) is 0 Å². The van der Waals surface area contributed by atoms with Crippen molar-refractivity contribution < 1.29 is 4.39 Å². The first-order valence-corrected chi connectivity index (χ1v) is 3.76. The quantitative estimate of drug-likeness (QED) is 0.594. The van der Waals surface area contributed by atoms with Crippen LogP contribution in [0.5, 0.6) is 0 Å². The number of hydrogen-bond donors (Lipinski definition) is 1. The van der Waals surface area contributed by atoms with Crippen molar-refractivity contribution in [3.8, 4) is 0 Å². The lowest BCUT2D eigenvalue weighted by molar-refractivity contribution is 0.669. The first-order chi connectivity index (χ1) is 4.57. The van der Waals surface area contributed by atoms with Crippen molar-refractivity contribution >= 4 is 22.6 Å². The highest BCUT2D eigenvalue weighted by Gasteiger charge is 1.94. The van der Waals surface area contributed by atoms with Gasteiger partial charge >= 0.3 is 0 Å². The van der Waals surface area contributed by atoms with Crippen LogP contribution in [0.2, 0.25) is 0 Å². The molecule has 10 heavy (non-hydrogen) atoms. The molecule has 2 N–H and O–H groups in total. The fourth-order valence-corrected chi connectivity index (χ4v) is 0.818. The van der Waals surface area contributed by atoms with Gasteiger partial charge in [-0.25, -0.2) is 4.39 Å². The van der Waals surface area contributed by atoms with Crippen LogP contribution in [-0.2, 0) is 0 Å². The second-order valence-corrected chi connectivity index (χ2v) is 2.97. The summed E-state index contributed by atoms with van der Waals surface area (Å²) in [4.78, 5) is 0. The van der Waals surface area contributed by atoms with E-state index in [0.717, 1.165) is 5.57 Å². The second kappa shape index (κ2) is 4.49. The lowest BCUT2D eigenvalue weighted by atomic mass is 10.3. The van der Waals surface area contributed by atoms with Gasteiger partial charge in [0.05, 0.1) is 0 Å².